The Kier molecular flexibility index (Phi) is 7.05. The molecule has 0 spiro atoms. The number of fused-ring (bicyclic) bond motifs is 1. The molecule has 0 aliphatic rings. The average molecular weight is 478 g/mol. The molecule has 2 heterocycles. The summed E-state index contributed by atoms with van der Waals surface area (Å²) in [7, 11) is 1.41. The van der Waals surface area contributed by atoms with Crippen LogP contribution in [-0.2, 0) is 11.2 Å². The minimum Gasteiger partial charge on any atom is -0.504 e. The van der Waals surface area contributed by atoms with Crippen LogP contribution in [0.2, 0.25) is 0 Å². The average Bonchev–Trinajstić information content (AvgIpc) is 3.26. The lowest BCUT2D eigenvalue weighted by atomic mass is 9.91. The Balaban J connectivity index is 1.47. The molecular formula is C26H27N3O6. The summed E-state index contributed by atoms with van der Waals surface area (Å²) in [5.74, 6) is -0.327. The lowest BCUT2D eigenvalue weighted by Gasteiger charge is -2.19. The van der Waals surface area contributed by atoms with Crippen LogP contribution >= 0.6 is 0 Å². The molecule has 1 amide bonds. The maximum Gasteiger partial charge on any atom is 0.227 e. The summed E-state index contributed by atoms with van der Waals surface area (Å²) >= 11 is 0. The summed E-state index contributed by atoms with van der Waals surface area (Å²) in [6.45, 7) is 2.02. The predicted molar refractivity (Wildman–Crippen MR) is 130 cm³/mol. The number of para-hydroxylation sites is 2. The molecule has 2 aromatic carbocycles. The van der Waals surface area contributed by atoms with E-state index in [4.69, 9.17) is 9.15 Å². The number of imidazole rings is 1. The number of carbonyl (C=O) groups is 1. The summed E-state index contributed by atoms with van der Waals surface area (Å²) in [6.07, 6.45) is 1.26. The topological polar surface area (TPSA) is 138 Å². The standard InChI is InChI=1S/C26H27N3O6/c1-15-12-21(31)25(33)26(35-15)17(16-9-10-20(30)22(13-16)34-2)14-24(32)27-11-5-8-23-28-18-6-3-4-7-19(18)29-23/h3-4,6-7,9-10,12-13,17,30,33H,5,8,11,14H2,1-2H3,(H,27,32)(H,28,29). The van der Waals surface area contributed by atoms with Gasteiger partial charge in [-0.3, -0.25) is 9.59 Å². The van der Waals surface area contributed by atoms with Gasteiger partial charge in [-0.15, -0.1) is 0 Å². The van der Waals surface area contributed by atoms with Gasteiger partial charge in [0.2, 0.25) is 17.1 Å². The molecule has 4 aromatic rings. The van der Waals surface area contributed by atoms with Gasteiger partial charge in [0.1, 0.15) is 11.6 Å². The molecule has 1 atom stereocenters. The van der Waals surface area contributed by atoms with Crippen molar-refractivity contribution in [3.8, 4) is 17.2 Å². The first-order valence-electron chi connectivity index (χ1n) is 11.3. The molecule has 4 N–H and O–H groups in total. The van der Waals surface area contributed by atoms with E-state index in [-0.39, 0.29) is 29.6 Å². The molecule has 9 heteroatoms. The van der Waals surface area contributed by atoms with Crippen LogP contribution in [-0.4, -0.2) is 39.7 Å². The number of nitrogens with zero attached hydrogens (tertiary/aromatic N) is 1. The van der Waals surface area contributed by atoms with E-state index in [1.54, 1.807) is 19.1 Å². The van der Waals surface area contributed by atoms with Crippen LogP contribution in [0, 0.1) is 6.92 Å². The van der Waals surface area contributed by atoms with Crippen molar-refractivity contribution in [3.63, 3.8) is 0 Å². The molecule has 9 nitrogen and oxygen atoms in total. The van der Waals surface area contributed by atoms with Gasteiger partial charge < -0.3 is 29.7 Å². The number of phenolic OH excluding ortho intramolecular Hbond substituents is 1. The molecule has 0 fully saturated rings. The van der Waals surface area contributed by atoms with Crippen LogP contribution in [0.3, 0.4) is 0 Å². The van der Waals surface area contributed by atoms with E-state index in [1.165, 1.54) is 19.2 Å². The Morgan fingerprint density at radius 3 is 2.77 bits per heavy atom. The number of carbonyl (C=O) groups excluding carboxylic acids is 1. The summed E-state index contributed by atoms with van der Waals surface area (Å²) in [6, 6.07) is 13.5. The van der Waals surface area contributed by atoms with E-state index in [0.29, 0.717) is 30.7 Å². The Morgan fingerprint density at radius 1 is 1.20 bits per heavy atom. The maximum absolute atomic E-state index is 12.8. The van der Waals surface area contributed by atoms with Crippen LogP contribution in [0.15, 0.2) is 57.7 Å². The highest BCUT2D eigenvalue weighted by molar-refractivity contribution is 5.77. The van der Waals surface area contributed by atoms with Crippen LogP contribution in [0.1, 0.15) is 41.7 Å². The van der Waals surface area contributed by atoms with Crippen LogP contribution in [0.5, 0.6) is 17.2 Å². The van der Waals surface area contributed by atoms with Crippen molar-refractivity contribution >= 4 is 16.9 Å². The van der Waals surface area contributed by atoms with Crippen molar-refractivity contribution in [2.75, 3.05) is 13.7 Å². The smallest absolute Gasteiger partial charge is 0.227 e. The number of methoxy groups -OCH3 is 1. The van der Waals surface area contributed by atoms with Gasteiger partial charge >= 0.3 is 0 Å². The zero-order valence-corrected chi connectivity index (χ0v) is 19.5. The van der Waals surface area contributed by atoms with Gasteiger partial charge in [0.25, 0.3) is 0 Å². The van der Waals surface area contributed by atoms with E-state index < -0.39 is 17.1 Å². The van der Waals surface area contributed by atoms with Crippen molar-refractivity contribution < 1.29 is 24.2 Å². The number of hydrogen-bond donors (Lipinski definition) is 4. The molecule has 2 aromatic heterocycles. The Labute approximate surface area is 201 Å². The first-order valence-corrected chi connectivity index (χ1v) is 11.3. The van der Waals surface area contributed by atoms with Gasteiger partial charge in [-0.1, -0.05) is 18.2 Å². The first kappa shape index (κ1) is 23.9. The van der Waals surface area contributed by atoms with Gasteiger partial charge in [0.15, 0.2) is 17.3 Å². The zero-order valence-electron chi connectivity index (χ0n) is 19.5. The highest BCUT2D eigenvalue weighted by Crippen LogP contribution is 2.37. The van der Waals surface area contributed by atoms with Gasteiger partial charge in [-0.05, 0) is 43.2 Å². The fourth-order valence-electron chi connectivity index (χ4n) is 4.00. The molecule has 0 saturated carbocycles. The number of aryl methyl sites for hydroxylation is 2. The number of amides is 1. The third kappa shape index (κ3) is 5.46. The van der Waals surface area contributed by atoms with Crippen molar-refractivity contribution in [1.82, 2.24) is 15.3 Å². The Morgan fingerprint density at radius 2 is 2.00 bits per heavy atom. The lowest BCUT2D eigenvalue weighted by molar-refractivity contribution is -0.121. The number of H-pyrrole nitrogens is 1. The molecular weight excluding hydrogens is 450 g/mol. The Bertz CT molecular complexity index is 1370. The quantitative estimate of drug-likeness (QED) is 0.271. The Hall–Kier alpha value is -4.27. The van der Waals surface area contributed by atoms with Crippen LogP contribution in [0.4, 0.5) is 0 Å². The number of ether oxygens (including phenoxy) is 1. The largest absolute Gasteiger partial charge is 0.504 e. The van der Waals surface area contributed by atoms with Crippen LogP contribution in [0.25, 0.3) is 11.0 Å². The second-order valence-electron chi connectivity index (χ2n) is 8.28. The third-order valence-corrected chi connectivity index (χ3v) is 5.74. The molecule has 182 valence electrons. The second kappa shape index (κ2) is 10.3. The lowest BCUT2D eigenvalue weighted by Crippen LogP contribution is -2.27. The van der Waals surface area contributed by atoms with Gasteiger partial charge in [0.05, 0.1) is 24.1 Å². The number of nitrogens with one attached hydrogen (secondary N) is 2. The highest BCUT2D eigenvalue weighted by atomic mass is 16.5. The van der Waals surface area contributed by atoms with E-state index >= 15 is 0 Å². The molecule has 35 heavy (non-hydrogen) atoms. The minimum atomic E-state index is -0.771. The van der Waals surface area contributed by atoms with Crippen molar-refractivity contribution in [1.29, 1.82) is 0 Å². The second-order valence-corrected chi connectivity index (χ2v) is 8.28. The number of rotatable bonds is 9. The zero-order chi connectivity index (χ0) is 24.9. The van der Waals surface area contributed by atoms with E-state index in [1.807, 2.05) is 24.3 Å². The van der Waals surface area contributed by atoms with Crippen molar-refractivity contribution in [2.45, 2.75) is 32.1 Å². The van der Waals surface area contributed by atoms with Crippen molar-refractivity contribution in [2.24, 2.45) is 0 Å². The van der Waals surface area contributed by atoms with E-state index in [9.17, 15) is 19.8 Å². The fourth-order valence-corrected chi connectivity index (χ4v) is 4.00. The van der Waals surface area contributed by atoms with Gasteiger partial charge in [-0.25, -0.2) is 4.98 Å². The van der Waals surface area contributed by atoms with Gasteiger partial charge in [-0.2, -0.15) is 0 Å². The molecule has 0 saturated heterocycles. The molecule has 0 aliphatic heterocycles. The van der Waals surface area contributed by atoms with Crippen LogP contribution < -0.4 is 15.5 Å². The number of benzene rings is 2. The number of hydrogen-bond acceptors (Lipinski definition) is 7. The predicted octanol–water partition coefficient (Wildman–Crippen LogP) is 3.52. The first-order chi connectivity index (χ1) is 16.9. The molecule has 0 radical (unpaired) electrons. The van der Waals surface area contributed by atoms with E-state index in [0.717, 1.165) is 16.9 Å². The normalized spacial score (nSPS) is 11.9. The molecule has 1 unspecified atom stereocenters. The summed E-state index contributed by atoms with van der Waals surface area (Å²) in [5, 5.41) is 23.3. The summed E-state index contributed by atoms with van der Waals surface area (Å²) in [4.78, 5) is 32.8. The number of aromatic hydroxyl groups is 2. The number of aromatic nitrogens is 2. The molecule has 0 aliphatic carbocycles. The van der Waals surface area contributed by atoms with Gasteiger partial charge in [0, 0.05) is 25.5 Å². The van der Waals surface area contributed by atoms with E-state index in [2.05, 4.69) is 15.3 Å². The number of phenols is 1. The monoisotopic (exact) mass is 477 g/mol. The maximum atomic E-state index is 12.8. The minimum absolute atomic E-state index is 0.0137. The number of aromatic amines is 1. The molecule has 4 rings (SSSR count). The highest BCUT2D eigenvalue weighted by Gasteiger charge is 2.26. The van der Waals surface area contributed by atoms with Crippen molar-refractivity contribution in [3.05, 3.63) is 81.7 Å². The fraction of sp³-hybridized carbons (Fsp3) is 0.269. The summed E-state index contributed by atoms with van der Waals surface area (Å²) < 4.78 is 10.9. The SMILES string of the molecule is COc1cc(C(CC(=O)NCCCc2nc3ccccc3[nH]2)c2oc(C)cc(=O)c2O)ccc1O. The third-order valence-electron chi connectivity index (χ3n) is 5.74. The molecule has 0 bridgehead atoms. The summed E-state index contributed by atoms with van der Waals surface area (Å²) in [5.41, 5.74) is 1.82.